The van der Waals surface area contributed by atoms with E-state index in [0.29, 0.717) is 25.6 Å². The first-order valence-electron chi connectivity index (χ1n) is 7.48. The molecule has 21 heavy (non-hydrogen) atoms. The highest BCUT2D eigenvalue weighted by atomic mass is 19.1. The molecular formula is C16H23FN2O2. The number of hydrogen-bond donors (Lipinski definition) is 2. The normalized spacial score (nSPS) is 20.4. The fraction of sp³-hybridized carbons (Fsp3) is 0.562. The molecule has 1 aliphatic rings. The monoisotopic (exact) mass is 294 g/mol. The van der Waals surface area contributed by atoms with Gasteiger partial charge in [-0.2, -0.15) is 0 Å². The molecule has 1 amide bonds. The molecule has 1 fully saturated rings. The molecule has 0 saturated carbocycles. The quantitative estimate of drug-likeness (QED) is 0.839. The van der Waals surface area contributed by atoms with Crippen molar-refractivity contribution in [2.75, 3.05) is 13.1 Å². The predicted molar refractivity (Wildman–Crippen MR) is 79.1 cm³/mol. The summed E-state index contributed by atoms with van der Waals surface area (Å²) in [7, 11) is 0. The number of carbonyl (C=O) groups is 1. The van der Waals surface area contributed by atoms with Crippen LogP contribution in [0.4, 0.5) is 4.39 Å². The van der Waals surface area contributed by atoms with E-state index < -0.39 is 0 Å². The maximum atomic E-state index is 12.8. The Morgan fingerprint density at radius 3 is 2.86 bits per heavy atom. The molecular weight excluding hydrogens is 271 g/mol. The van der Waals surface area contributed by atoms with Crippen LogP contribution in [-0.2, 0) is 11.3 Å². The summed E-state index contributed by atoms with van der Waals surface area (Å²) in [6.07, 6.45) is 2.49. The van der Waals surface area contributed by atoms with Crippen LogP contribution in [0.25, 0.3) is 0 Å². The number of rotatable bonds is 6. The van der Waals surface area contributed by atoms with E-state index in [9.17, 15) is 14.3 Å². The van der Waals surface area contributed by atoms with Crippen molar-refractivity contribution < 1.29 is 14.3 Å². The molecule has 2 N–H and O–H groups in total. The van der Waals surface area contributed by atoms with Crippen molar-refractivity contribution in [2.24, 2.45) is 0 Å². The Labute approximate surface area is 125 Å². The SMILES string of the molecule is CC(O)CC1CCCN1CC(=O)NCc1ccc(F)cc1. The molecule has 0 radical (unpaired) electrons. The summed E-state index contributed by atoms with van der Waals surface area (Å²) in [5, 5.41) is 12.3. The zero-order chi connectivity index (χ0) is 15.2. The van der Waals surface area contributed by atoms with Crippen molar-refractivity contribution in [2.45, 2.75) is 44.9 Å². The van der Waals surface area contributed by atoms with E-state index in [0.717, 1.165) is 24.9 Å². The first kappa shape index (κ1) is 15.9. The second-order valence-electron chi connectivity index (χ2n) is 5.75. The number of benzene rings is 1. The lowest BCUT2D eigenvalue weighted by atomic mass is 10.1. The molecule has 2 rings (SSSR count). The number of aliphatic hydroxyl groups is 1. The van der Waals surface area contributed by atoms with Crippen molar-refractivity contribution in [3.05, 3.63) is 35.6 Å². The molecule has 2 unspecified atom stereocenters. The van der Waals surface area contributed by atoms with Gasteiger partial charge in [0.25, 0.3) is 0 Å². The Hall–Kier alpha value is -1.46. The lowest BCUT2D eigenvalue weighted by Gasteiger charge is -2.24. The summed E-state index contributed by atoms with van der Waals surface area (Å²) in [5.74, 6) is -0.306. The summed E-state index contributed by atoms with van der Waals surface area (Å²) >= 11 is 0. The Bertz CT molecular complexity index is 462. The Morgan fingerprint density at radius 2 is 2.19 bits per heavy atom. The predicted octanol–water partition coefficient (Wildman–Crippen LogP) is 1.68. The van der Waals surface area contributed by atoms with E-state index in [4.69, 9.17) is 0 Å². The van der Waals surface area contributed by atoms with Crippen LogP contribution in [0.15, 0.2) is 24.3 Å². The third kappa shape index (κ3) is 5.10. The minimum Gasteiger partial charge on any atom is -0.393 e. The topological polar surface area (TPSA) is 52.6 Å². The number of amides is 1. The summed E-state index contributed by atoms with van der Waals surface area (Å²) < 4.78 is 12.8. The molecule has 0 aromatic heterocycles. The van der Waals surface area contributed by atoms with Crippen LogP contribution >= 0.6 is 0 Å². The van der Waals surface area contributed by atoms with E-state index in [1.807, 2.05) is 0 Å². The number of nitrogens with zero attached hydrogens (tertiary/aromatic N) is 1. The van der Waals surface area contributed by atoms with Crippen LogP contribution in [0.3, 0.4) is 0 Å². The van der Waals surface area contributed by atoms with Crippen molar-refractivity contribution in [1.82, 2.24) is 10.2 Å². The zero-order valence-electron chi connectivity index (χ0n) is 12.4. The fourth-order valence-corrected chi connectivity index (χ4v) is 2.81. The summed E-state index contributed by atoms with van der Waals surface area (Å²) in [6.45, 7) is 3.46. The molecule has 2 atom stereocenters. The Morgan fingerprint density at radius 1 is 1.48 bits per heavy atom. The van der Waals surface area contributed by atoms with Gasteiger partial charge in [-0.25, -0.2) is 4.39 Å². The number of nitrogens with one attached hydrogen (secondary N) is 1. The summed E-state index contributed by atoms with van der Waals surface area (Å²) in [6, 6.07) is 6.41. The zero-order valence-corrected chi connectivity index (χ0v) is 12.4. The molecule has 1 saturated heterocycles. The van der Waals surface area contributed by atoms with Gasteiger partial charge in [-0.1, -0.05) is 12.1 Å². The lowest BCUT2D eigenvalue weighted by Crippen LogP contribution is -2.40. The first-order chi connectivity index (χ1) is 10.0. The number of hydrogen-bond acceptors (Lipinski definition) is 3. The largest absolute Gasteiger partial charge is 0.393 e. The van der Waals surface area contributed by atoms with Crippen molar-refractivity contribution in [1.29, 1.82) is 0 Å². The van der Waals surface area contributed by atoms with Gasteiger partial charge in [-0.3, -0.25) is 9.69 Å². The van der Waals surface area contributed by atoms with E-state index >= 15 is 0 Å². The minimum absolute atomic E-state index is 0.0307. The molecule has 4 nitrogen and oxygen atoms in total. The highest BCUT2D eigenvalue weighted by Crippen LogP contribution is 2.20. The van der Waals surface area contributed by atoms with Gasteiger partial charge in [-0.05, 0) is 50.4 Å². The van der Waals surface area contributed by atoms with Gasteiger partial charge in [-0.15, -0.1) is 0 Å². The van der Waals surface area contributed by atoms with Crippen LogP contribution in [0, 0.1) is 5.82 Å². The third-order valence-corrected chi connectivity index (χ3v) is 3.86. The molecule has 116 valence electrons. The number of aliphatic hydroxyl groups excluding tert-OH is 1. The summed E-state index contributed by atoms with van der Waals surface area (Å²) in [4.78, 5) is 14.1. The minimum atomic E-state index is -0.335. The highest BCUT2D eigenvalue weighted by molar-refractivity contribution is 5.78. The second kappa shape index (κ2) is 7.52. The van der Waals surface area contributed by atoms with Gasteiger partial charge in [0, 0.05) is 12.6 Å². The van der Waals surface area contributed by atoms with Gasteiger partial charge >= 0.3 is 0 Å². The van der Waals surface area contributed by atoms with Crippen molar-refractivity contribution in [3.8, 4) is 0 Å². The van der Waals surface area contributed by atoms with E-state index in [-0.39, 0.29) is 17.8 Å². The smallest absolute Gasteiger partial charge is 0.234 e. The first-order valence-corrected chi connectivity index (χ1v) is 7.48. The maximum Gasteiger partial charge on any atom is 0.234 e. The molecule has 1 aromatic carbocycles. The lowest BCUT2D eigenvalue weighted by molar-refractivity contribution is -0.122. The van der Waals surface area contributed by atoms with Gasteiger partial charge in [0.05, 0.1) is 12.6 Å². The van der Waals surface area contributed by atoms with Gasteiger partial charge in [0.2, 0.25) is 5.91 Å². The standard InChI is InChI=1S/C16H23FN2O2/c1-12(20)9-15-3-2-8-19(15)11-16(21)18-10-13-4-6-14(17)7-5-13/h4-7,12,15,20H,2-3,8-11H2,1H3,(H,18,21). The van der Waals surface area contributed by atoms with Crippen LogP contribution in [0.2, 0.25) is 0 Å². The van der Waals surface area contributed by atoms with E-state index in [1.54, 1.807) is 19.1 Å². The van der Waals surface area contributed by atoms with Crippen LogP contribution in [0.1, 0.15) is 31.7 Å². The molecule has 1 aliphatic heterocycles. The van der Waals surface area contributed by atoms with Crippen LogP contribution < -0.4 is 5.32 Å². The van der Waals surface area contributed by atoms with Gasteiger partial charge in [0.1, 0.15) is 5.82 Å². The molecule has 1 heterocycles. The molecule has 0 spiro atoms. The molecule has 0 aliphatic carbocycles. The van der Waals surface area contributed by atoms with Crippen molar-refractivity contribution in [3.63, 3.8) is 0 Å². The van der Waals surface area contributed by atoms with Gasteiger partial charge in [0.15, 0.2) is 0 Å². The summed E-state index contributed by atoms with van der Waals surface area (Å²) in [5.41, 5.74) is 0.881. The number of likely N-dealkylation sites (tertiary alicyclic amines) is 1. The van der Waals surface area contributed by atoms with E-state index in [1.165, 1.54) is 12.1 Å². The average Bonchev–Trinajstić information content (AvgIpc) is 2.84. The van der Waals surface area contributed by atoms with Gasteiger partial charge < -0.3 is 10.4 Å². The molecule has 0 bridgehead atoms. The third-order valence-electron chi connectivity index (χ3n) is 3.86. The number of halogens is 1. The fourth-order valence-electron chi connectivity index (χ4n) is 2.81. The van der Waals surface area contributed by atoms with Crippen molar-refractivity contribution >= 4 is 5.91 Å². The van der Waals surface area contributed by atoms with Crippen LogP contribution in [0.5, 0.6) is 0 Å². The van der Waals surface area contributed by atoms with E-state index in [2.05, 4.69) is 10.2 Å². The molecule has 5 heteroatoms. The second-order valence-corrected chi connectivity index (χ2v) is 5.75. The Balaban J connectivity index is 1.77. The van der Waals surface area contributed by atoms with Crippen LogP contribution in [-0.4, -0.2) is 41.1 Å². The maximum absolute atomic E-state index is 12.8. The molecule has 1 aromatic rings. The number of carbonyl (C=O) groups excluding carboxylic acids is 1. The Kier molecular flexibility index (Phi) is 5.70. The highest BCUT2D eigenvalue weighted by Gasteiger charge is 2.26. The average molecular weight is 294 g/mol.